The van der Waals surface area contributed by atoms with Crippen LogP contribution in [-0.4, -0.2) is 64.5 Å². The summed E-state index contributed by atoms with van der Waals surface area (Å²) in [5.74, 6) is 2.06. The quantitative estimate of drug-likeness (QED) is 0.397. The number of nitrogens with zero attached hydrogens (tertiary/aromatic N) is 5. The van der Waals surface area contributed by atoms with Crippen LogP contribution in [0.2, 0.25) is 0 Å². The zero-order valence-electron chi connectivity index (χ0n) is 18.6. The number of carbonyl (C=O) groups excluding carboxylic acids is 1. The predicted molar refractivity (Wildman–Crippen MR) is 120 cm³/mol. The van der Waals surface area contributed by atoms with E-state index in [0.717, 1.165) is 16.5 Å². The molecule has 8 nitrogen and oxygen atoms in total. The molecule has 0 fully saturated rings. The Balaban J connectivity index is 2.22. The van der Waals surface area contributed by atoms with Crippen LogP contribution in [0, 0.1) is 0 Å². The largest absolute Gasteiger partial charge is 0.490 e. The molecule has 9 heteroatoms. The number of hydrogen-bond donors (Lipinski definition) is 0. The van der Waals surface area contributed by atoms with Crippen molar-refractivity contribution >= 4 is 23.9 Å². The standard InChI is InChI=1S/C21H31N5O3S/c1-7-25(8-2)19(27)14-29-17-11-10-16(12-18(17)28-9-3)13-22-26-20(15(4)5)23-24-21(26)30-6/h10-13,15H,7-9,14H2,1-6H3/b22-13-. The lowest BCUT2D eigenvalue weighted by molar-refractivity contribution is -0.132. The van der Waals surface area contributed by atoms with Crippen LogP contribution in [0.1, 0.15) is 51.9 Å². The number of benzene rings is 1. The Hall–Kier alpha value is -2.55. The highest BCUT2D eigenvalue weighted by atomic mass is 32.2. The van der Waals surface area contributed by atoms with E-state index in [2.05, 4.69) is 29.1 Å². The highest BCUT2D eigenvalue weighted by molar-refractivity contribution is 7.98. The van der Waals surface area contributed by atoms with Gasteiger partial charge in [-0.25, -0.2) is 0 Å². The number of thioether (sulfide) groups is 1. The number of ether oxygens (including phenoxy) is 2. The van der Waals surface area contributed by atoms with Crippen molar-refractivity contribution in [2.24, 2.45) is 5.10 Å². The molecule has 0 saturated carbocycles. The van der Waals surface area contributed by atoms with Crippen molar-refractivity contribution in [3.63, 3.8) is 0 Å². The van der Waals surface area contributed by atoms with E-state index in [0.29, 0.717) is 31.2 Å². The molecule has 0 aliphatic heterocycles. The van der Waals surface area contributed by atoms with Gasteiger partial charge in [-0.1, -0.05) is 25.6 Å². The molecule has 164 valence electrons. The molecule has 0 radical (unpaired) electrons. The molecule has 30 heavy (non-hydrogen) atoms. The third kappa shape index (κ3) is 5.98. The van der Waals surface area contributed by atoms with Crippen LogP contribution in [0.5, 0.6) is 11.5 Å². The molecular formula is C21H31N5O3S. The van der Waals surface area contributed by atoms with E-state index in [4.69, 9.17) is 9.47 Å². The minimum atomic E-state index is -0.0495. The molecule has 0 aliphatic carbocycles. The van der Waals surface area contributed by atoms with Crippen molar-refractivity contribution in [1.29, 1.82) is 0 Å². The predicted octanol–water partition coefficient (Wildman–Crippen LogP) is 3.65. The van der Waals surface area contributed by atoms with Crippen molar-refractivity contribution in [1.82, 2.24) is 19.8 Å². The average Bonchev–Trinajstić information content (AvgIpc) is 3.16. The van der Waals surface area contributed by atoms with Crippen molar-refractivity contribution in [3.05, 3.63) is 29.6 Å². The Morgan fingerprint density at radius 3 is 2.53 bits per heavy atom. The van der Waals surface area contributed by atoms with Crippen LogP contribution in [0.4, 0.5) is 0 Å². The summed E-state index contributed by atoms with van der Waals surface area (Å²) in [4.78, 5) is 14.0. The Bertz CT molecular complexity index is 862. The molecule has 1 amide bonds. The fraction of sp³-hybridized carbons (Fsp3) is 0.524. The summed E-state index contributed by atoms with van der Waals surface area (Å²) < 4.78 is 13.2. The first-order valence-corrected chi connectivity index (χ1v) is 11.4. The summed E-state index contributed by atoms with van der Waals surface area (Å²) in [6.07, 6.45) is 3.68. The second-order valence-corrected chi connectivity index (χ2v) is 7.52. The lowest BCUT2D eigenvalue weighted by atomic mass is 10.2. The molecule has 1 aromatic carbocycles. The molecule has 1 heterocycles. The van der Waals surface area contributed by atoms with Crippen LogP contribution in [-0.2, 0) is 4.79 Å². The van der Waals surface area contributed by atoms with Gasteiger partial charge in [-0.05, 0) is 50.8 Å². The van der Waals surface area contributed by atoms with Crippen molar-refractivity contribution in [3.8, 4) is 11.5 Å². The van der Waals surface area contributed by atoms with Crippen LogP contribution in [0.15, 0.2) is 28.5 Å². The summed E-state index contributed by atoms with van der Waals surface area (Å²) in [6, 6.07) is 5.52. The Kier molecular flexibility index (Phi) is 9.16. The highest BCUT2D eigenvalue weighted by Crippen LogP contribution is 2.28. The normalized spacial score (nSPS) is 11.3. The SMILES string of the molecule is CCOc1cc(/C=N\n2c(SC)nnc2C(C)C)ccc1OCC(=O)N(CC)CC. The van der Waals surface area contributed by atoms with E-state index in [9.17, 15) is 4.79 Å². The summed E-state index contributed by atoms with van der Waals surface area (Å²) in [5, 5.41) is 13.7. The van der Waals surface area contributed by atoms with Gasteiger partial charge in [0.15, 0.2) is 23.9 Å². The Morgan fingerprint density at radius 1 is 1.20 bits per heavy atom. The first kappa shape index (κ1) is 23.7. The van der Waals surface area contributed by atoms with Gasteiger partial charge < -0.3 is 14.4 Å². The average molecular weight is 434 g/mol. The van der Waals surface area contributed by atoms with E-state index >= 15 is 0 Å². The summed E-state index contributed by atoms with van der Waals surface area (Å²) in [7, 11) is 0. The van der Waals surface area contributed by atoms with E-state index < -0.39 is 0 Å². The second kappa shape index (κ2) is 11.6. The molecule has 0 unspecified atom stereocenters. The van der Waals surface area contributed by atoms with Gasteiger partial charge in [0.05, 0.1) is 12.8 Å². The maximum Gasteiger partial charge on any atom is 0.260 e. The minimum Gasteiger partial charge on any atom is -0.490 e. The number of aromatic nitrogens is 3. The van der Waals surface area contributed by atoms with Crippen LogP contribution >= 0.6 is 11.8 Å². The third-order valence-electron chi connectivity index (χ3n) is 4.39. The smallest absolute Gasteiger partial charge is 0.260 e. The minimum absolute atomic E-state index is 0.0231. The molecule has 0 atom stereocenters. The molecule has 0 bridgehead atoms. The molecule has 0 aliphatic rings. The maximum atomic E-state index is 12.2. The van der Waals surface area contributed by atoms with Crippen molar-refractivity contribution in [2.75, 3.05) is 32.6 Å². The molecule has 0 N–H and O–H groups in total. The van der Waals surface area contributed by atoms with Crippen molar-refractivity contribution < 1.29 is 14.3 Å². The first-order valence-electron chi connectivity index (χ1n) is 10.2. The molecule has 2 rings (SSSR count). The van der Waals surface area contributed by atoms with E-state index in [1.54, 1.807) is 21.9 Å². The summed E-state index contributed by atoms with van der Waals surface area (Å²) in [5.41, 5.74) is 0.844. The fourth-order valence-electron chi connectivity index (χ4n) is 2.80. The lowest BCUT2D eigenvalue weighted by Crippen LogP contribution is -2.34. The molecule has 0 saturated heterocycles. The number of hydrogen-bond acceptors (Lipinski definition) is 7. The van der Waals surface area contributed by atoms with Gasteiger partial charge in [0.1, 0.15) is 0 Å². The number of amides is 1. The maximum absolute atomic E-state index is 12.2. The van der Waals surface area contributed by atoms with Crippen molar-refractivity contribution in [2.45, 2.75) is 45.7 Å². The second-order valence-electron chi connectivity index (χ2n) is 6.75. The molecule has 0 spiro atoms. The van der Waals surface area contributed by atoms with Gasteiger partial charge in [-0.3, -0.25) is 4.79 Å². The highest BCUT2D eigenvalue weighted by Gasteiger charge is 2.15. The fourth-order valence-corrected chi connectivity index (χ4v) is 3.23. The summed E-state index contributed by atoms with van der Waals surface area (Å²) >= 11 is 1.49. The van der Waals surface area contributed by atoms with E-state index in [1.807, 2.05) is 39.2 Å². The zero-order chi connectivity index (χ0) is 22.1. The van der Waals surface area contributed by atoms with Crippen LogP contribution in [0.25, 0.3) is 0 Å². The topological polar surface area (TPSA) is 81.8 Å². The number of rotatable bonds is 11. The van der Waals surface area contributed by atoms with Crippen LogP contribution in [0.3, 0.4) is 0 Å². The van der Waals surface area contributed by atoms with Gasteiger partial charge in [0.2, 0.25) is 5.16 Å². The molecular weight excluding hydrogens is 402 g/mol. The van der Waals surface area contributed by atoms with Crippen LogP contribution < -0.4 is 9.47 Å². The van der Waals surface area contributed by atoms with Gasteiger partial charge in [-0.2, -0.15) is 9.78 Å². The number of carbonyl (C=O) groups is 1. The number of likely N-dealkylation sites (N-methyl/N-ethyl adjacent to an activating group) is 1. The Morgan fingerprint density at radius 2 is 1.93 bits per heavy atom. The van der Waals surface area contributed by atoms with E-state index in [-0.39, 0.29) is 18.4 Å². The molecule has 2 aromatic rings. The zero-order valence-corrected chi connectivity index (χ0v) is 19.4. The van der Waals surface area contributed by atoms with Gasteiger partial charge in [-0.15, -0.1) is 10.2 Å². The van der Waals surface area contributed by atoms with Gasteiger partial charge >= 0.3 is 0 Å². The third-order valence-corrected chi connectivity index (χ3v) is 5.01. The van der Waals surface area contributed by atoms with E-state index in [1.165, 1.54) is 11.8 Å². The van der Waals surface area contributed by atoms with Gasteiger partial charge in [0.25, 0.3) is 5.91 Å². The lowest BCUT2D eigenvalue weighted by Gasteiger charge is -2.19. The first-order chi connectivity index (χ1) is 14.4. The summed E-state index contributed by atoms with van der Waals surface area (Å²) in [6.45, 7) is 11.7. The molecule has 1 aromatic heterocycles. The Labute approximate surface area is 182 Å². The monoisotopic (exact) mass is 433 g/mol. The van der Waals surface area contributed by atoms with Gasteiger partial charge in [0, 0.05) is 19.0 Å².